The maximum absolute atomic E-state index is 13.0. The normalized spacial score (nSPS) is 13.4. The smallest absolute Gasteiger partial charge is 0.408 e. The first-order valence-corrected chi connectivity index (χ1v) is 5.93. The molecule has 0 fully saturated rings. The predicted molar refractivity (Wildman–Crippen MR) is 64.8 cm³/mol. The molecule has 1 rings (SSSR count). The third-order valence-corrected chi connectivity index (χ3v) is 2.51. The molecule has 1 atom stereocenters. The summed E-state index contributed by atoms with van der Waals surface area (Å²) in [5.41, 5.74) is 0.923. The molecule has 2 nitrogen and oxygen atoms in total. The van der Waals surface area contributed by atoms with Crippen LogP contribution in [0.25, 0.3) is 0 Å². The molecule has 0 saturated carbocycles. The van der Waals surface area contributed by atoms with E-state index in [4.69, 9.17) is 4.74 Å². The van der Waals surface area contributed by atoms with Gasteiger partial charge < -0.3 is 10.1 Å². The highest BCUT2D eigenvalue weighted by Crippen LogP contribution is 2.37. The summed E-state index contributed by atoms with van der Waals surface area (Å²) < 4.78 is 44.4. The van der Waals surface area contributed by atoms with Crippen LogP contribution in [0, 0.1) is 6.92 Å². The third-order valence-electron chi connectivity index (χ3n) is 2.51. The van der Waals surface area contributed by atoms with Crippen LogP contribution in [0.3, 0.4) is 0 Å². The quantitative estimate of drug-likeness (QED) is 0.874. The minimum Gasteiger partial charge on any atom is -0.494 e. The van der Waals surface area contributed by atoms with Crippen LogP contribution in [0.15, 0.2) is 18.2 Å². The lowest BCUT2D eigenvalue weighted by atomic mass is 10.0. The van der Waals surface area contributed by atoms with Gasteiger partial charge in [-0.25, -0.2) is 0 Å². The van der Waals surface area contributed by atoms with Gasteiger partial charge in [0.25, 0.3) is 0 Å². The molecule has 1 aromatic carbocycles. The maximum Gasteiger partial charge on any atom is 0.408 e. The van der Waals surface area contributed by atoms with Crippen molar-refractivity contribution in [2.45, 2.75) is 33.0 Å². The van der Waals surface area contributed by atoms with Crippen molar-refractivity contribution in [3.05, 3.63) is 29.3 Å². The van der Waals surface area contributed by atoms with Crippen LogP contribution in [0.5, 0.6) is 5.75 Å². The summed E-state index contributed by atoms with van der Waals surface area (Å²) in [5.74, 6) is 0.284. The summed E-state index contributed by atoms with van der Waals surface area (Å²) in [4.78, 5) is 0. The van der Waals surface area contributed by atoms with Crippen LogP contribution in [-0.2, 0) is 0 Å². The Morgan fingerprint density at radius 1 is 1.28 bits per heavy atom. The second-order valence-electron chi connectivity index (χ2n) is 4.01. The SMILES string of the molecule is CCNC(c1cc(C)ccc1OCC)C(F)(F)F. The molecule has 0 aliphatic heterocycles. The molecule has 0 bridgehead atoms. The van der Waals surface area contributed by atoms with Gasteiger partial charge in [-0.1, -0.05) is 24.6 Å². The molecule has 1 N–H and O–H groups in total. The van der Waals surface area contributed by atoms with E-state index in [-0.39, 0.29) is 17.9 Å². The van der Waals surface area contributed by atoms with Crippen molar-refractivity contribution in [3.8, 4) is 5.75 Å². The van der Waals surface area contributed by atoms with Gasteiger partial charge >= 0.3 is 6.18 Å². The van der Waals surface area contributed by atoms with Crippen molar-refractivity contribution < 1.29 is 17.9 Å². The van der Waals surface area contributed by atoms with Crippen LogP contribution in [0.4, 0.5) is 13.2 Å². The van der Waals surface area contributed by atoms with E-state index in [0.29, 0.717) is 6.61 Å². The lowest BCUT2D eigenvalue weighted by molar-refractivity contribution is -0.157. The third kappa shape index (κ3) is 3.63. The summed E-state index contributed by atoms with van der Waals surface area (Å²) in [6.07, 6.45) is -4.34. The monoisotopic (exact) mass is 261 g/mol. The average Bonchev–Trinajstić information content (AvgIpc) is 2.27. The number of halogens is 3. The van der Waals surface area contributed by atoms with Crippen molar-refractivity contribution in [1.82, 2.24) is 5.32 Å². The van der Waals surface area contributed by atoms with E-state index in [1.54, 1.807) is 32.9 Å². The van der Waals surface area contributed by atoms with E-state index < -0.39 is 12.2 Å². The Morgan fingerprint density at radius 3 is 2.44 bits per heavy atom. The van der Waals surface area contributed by atoms with Crippen molar-refractivity contribution in [2.24, 2.45) is 0 Å². The number of aryl methyl sites for hydroxylation is 1. The van der Waals surface area contributed by atoms with Crippen LogP contribution in [0.2, 0.25) is 0 Å². The molecule has 0 aromatic heterocycles. The molecule has 0 amide bonds. The van der Waals surface area contributed by atoms with Gasteiger partial charge in [-0.2, -0.15) is 13.2 Å². The van der Waals surface area contributed by atoms with Crippen LogP contribution < -0.4 is 10.1 Å². The maximum atomic E-state index is 13.0. The summed E-state index contributed by atoms with van der Waals surface area (Å²) in [7, 11) is 0. The molecule has 1 unspecified atom stereocenters. The number of hydrogen-bond donors (Lipinski definition) is 1. The fourth-order valence-corrected chi connectivity index (χ4v) is 1.79. The minimum atomic E-state index is -4.34. The Hall–Kier alpha value is -1.23. The van der Waals surface area contributed by atoms with Gasteiger partial charge in [0.2, 0.25) is 0 Å². The number of nitrogens with one attached hydrogen (secondary N) is 1. The van der Waals surface area contributed by atoms with Crippen LogP contribution >= 0.6 is 0 Å². The van der Waals surface area contributed by atoms with Gasteiger partial charge in [0.15, 0.2) is 0 Å². The molecule has 0 radical (unpaired) electrons. The number of benzene rings is 1. The van der Waals surface area contributed by atoms with Crippen LogP contribution in [0.1, 0.15) is 31.0 Å². The Morgan fingerprint density at radius 2 is 1.94 bits per heavy atom. The van der Waals surface area contributed by atoms with E-state index in [2.05, 4.69) is 5.32 Å². The van der Waals surface area contributed by atoms with Gasteiger partial charge in [-0.05, 0) is 26.5 Å². The summed E-state index contributed by atoms with van der Waals surface area (Å²) >= 11 is 0. The van der Waals surface area contributed by atoms with Crippen molar-refractivity contribution >= 4 is 0 Å². The largest absolute Gasteiger partial charge is 0.494 e. The number of hydrogen-bond acceptors (Lipinski definition) is 2. The summed E-state index contributed by atoms with van der Waals surface area (Å²) in [6.45, 7) is 5.74. The molecular formula is C13H18F3NO. The fourth-order valence-electron chi connectivity index (χ4n) is 1.79. The van der Waals surface area contributed by atoms with E-state index in [1.807, 2.05) is 0 Å². The average molecular weight is 261 g/mol. The van der Waals surface area contributed by atoms with Gasteiger partial charge in [-0.15, -0.1) is 0 Å². The lowest BCUT2D eigenvalue weighted by Crippen LogP contribution is -2.34. The molecular weight excluding hydrogens is 243 g/mol. The molecule has 0 aliphatic rings. The minimum absolute atomic E-state index is 0.145. The number of rotatable bonds is 5. The van der Waals surface area contributed by atoms with E-state index in [9.17, 15) is 13.2 Å². The predicted octanol–water partition coefficient (Wildman–Crippen LogP) is 3.61. The molecule has 5 heteroatoms. The molecule has 18 heavy (non-hydrogen) atoms. The molecule has 0 spiro atoms. The zero-order valence-electron chi connectivity index (χ0n) is 10.8. The first-order valence-electron chi connectivity index (χ1n) is 5.93. The number of ether oxygens (including phenoxy) is 1. The van der Waals surface area contributed by atoms with Crippen molar-refractivity contribution in [2.75, 3.05) is 13.2 Å². The zero-order valence-corrected chi connectivity index (χ0v) is 10.8. The van der Waals surface area contributed by atoms with Gasteiger partial charge in [0, 0.05) is 5.56 Å². The highest BCUT2D eigenvalue weighted by molar-refractivity contribution is 5.40. The Kier molecular flexibility index (Phi) is 5.02. The summed E-state index contributed by atoms with van der Waals surface area (Å²) in [5, 5.41) is 2.46. The molecule has 0 aliphatic carbocycles. The van der Waals surface area contributed by atoms with E-state index in [0.717, 1.165) is 5.56 Å². The van der Waals surface area contributed by atoms with Crippen LogP contribution in [-0.4, -0.2) is 19.3 Å². The molecule has 0 saturated heterocycles. The highest BCUT2D eigenvalue weighted by atomic mass is 19.4. The van der Waals surface area contributed by atoms with Gasteiger partial charge in [-0.3, -0.25) is 0 Å². The Balaban J connectivity index is 3.20. The first kappa shape index (κ1) is 14.8. The standard InChI is InChI=1S/C13H18F3NO/c1-4-17-12(13(14,15)16)10-8-9(3)6-7-11(10)18-5-2/h6-8,12,17H,4-5H2,1-3H3. The second-order valence-corrected chi connectivity index (χ2v) is 4.01. The lowest BCUT2D eigenvalue weighted by Gasteiger charge is -2.24. The van der Waals surface area contributed by atoms with E-state index in [1.165, 1.54) is 6.07 Å². The summed E-state index contributed by atoms with van der Waals surface area (Å²) in [6, 6.07) is 3.16. The van der Waals surface area contributed by atoms with Crippen molar-refractivity contribution in [3.63, 3.8) is 0 Å². The molecule has 102 valence electrons. The van der Waals surface area contributed by atoms with Crippen molar-refractivity contribution in [1.29, 1.82) is 0 Å². The molecule has 0 heterocycles. The highest BCUT2D eigenvalue weighted by Gasteiger charge is 2.41. The Labute approximate surface area is 105 Å². The fraction of sp³-hybridized carbons (Fsp3) is 0.538. The topological polar surface area (TPSA) is 21.3 Å². The second kappa shape index (κ2) is 6.09. The number of alkyl halides is 3. The Bertz CT molecular complexity index is 390. The van der Waals surface area contributed by atoms with E-state index >= 15 is 0 Å². The molecule has 1 aromatic rings. The van der Waals surface area contributed by atoms with Gasteiger partial charge in [0.1, 0.15) is 11.8 Å². The zero-order chi connectivity index (χ0) is 13.8. The first-order chi connectivity index (χ1) is 8.40. The van der Waals surface area contributed by atoms with Gasteiger partial charge in [0.05, 0.1) is 6.61 Å².